The second-order valence-electron chi connectivity index (χ2n) is 6.50. The molecule has 0 spiro atoms. The van der Waals surface area contributed by atoms with Crippen LogP contribution >= 0.6 is 0 Å². The van der Waals surface area contributed by atoms with Gasteiger partial charge in [-0.3, -0.25) is 4.79 Å². The number of ether oxygens (including phenoxy) is 2. The summed E-state index contributed by atoms with van der Waals surface area (Å²) in [6.07, 6.45) is 4.58. The summed E-state index contributed by atoms with van der Waals surface area (Å²) in [5.74, 6) is -0.0444. The molecule has 2 aromatic carbocycles. The smallest absolute Gasteiger partial charge is 0.328 e. The Morgan fingerprint density at radius 1 is 1.03 bits per heavy atom. The summed E-state index contributed by atoms with van der Waals surface area (Å²) in [6.45, 7) is 4.18. The van der Waals surface area contributed by atoms with Crippen LogP contribution in [0.1, 0.15) is 48.2 Å². The number of phenolic OH excluding ortho intramolecular Hbond substituents is 1. The van der Waals surface area contributed by atoms with Crippen molar-refractivity contribution in [3.8, 4) is 17.2 Å². The molecule has 29 heavy (non-hydrogen) atoms. The van der Waals surface area contributed by atoms with Gasteiger partial charge in [0, 0.05) is 23.6 Å². The summed E-state index contributed by atoms with van der Waals surface area (Å²) in [5.41, 5.74) is 1.63. The zero-order valence-corrected chi connectivity index (χ0v) is 16.7. The van der Waals surface area contributed by atoms with Crippen LogP contribution in [0.2, 0.25) is 0 Å². The molecule has 0 aliphatic heterocycles. The van der Waals surface area contributed by atoms with Gasteiger partial charge in [0.2, 0.25) is 0 Å². The molecule has 0 bridgehead atoms. The lowest BCUT2D eigenvalue weighted by atomic mass is 10.0. The van der Waals surface area contributed by atoms with Gasteiger partial charge in [-0.2, -0.15) is 0 Å². The van der Waals surface area contributed by atoms with Gasteiger partial charge in [0.15, 0.2) is 5.78 Å². The fraction of sp³-hybridized carbons (Fsp3) is 0.304. The SMILES string of the molecule is CCCc1c(OCCCOc2ccccc2/C=C/C(=O)O)ccc(C(C)=O)c1O. The molecule has 0 atom stereocenters. The highest BCUT2D eigenvalue weighted by Crippen LogP contribution is 2.33. The number of aliphatic carboxylic acids is 1. The Bertz CT molecular complexity index is 885. The third-order valence-corrected chi connectivity index (χ3v) is 4.25. The summed E-state index contributed by atoms with van der Waals surface area (Å²) in [7, 11) is 0. The molecule has 6 nitrogen and oxygen atoms in total. The highest BCUT2D eigenvalue weighted by Gasteiger charge is 2.15. The Kier molecular flexibility index (Phi) is 8.27. The Morgan fingerprint density at radius 2 is 1.72 bits per heavy atom. The number of hydrogen-bond acceptors (Lipinski definition) is 5. The third kappa shape index (κ3) is 6.38. The molecular weight excluding hydrogens is 372 g/mol. The highest BCUT2D eigenvalue weighted by molar-refractivity contribution is 5.97. The topological polar surface area (TPSA) is 93.1 Å². The molecule has 0 radical (unpaired) electrons. The zero-order valence-electron chi connectivity index (χ0n) is 16.7. The van der Waals surface area contributed by atoms with E-state index in [1.807, 2.05) is 19.1 Å². The molecule has 6 heteroatoms. The minimum Gasteiger partial charge on any atom is -0.507 e. The van der Waals surface area contributed by atoms with Gasteiger partial charge >= 0.3 is 5.97 Å². The number of carboxylic acid groups (broad SMARTS) is 1. The van der Waals surface area contributed by atoms with Gasteiger partial charge in [0.1, 0.15) is 17.2 Å². The number of aromatic hydroxyl groups is 1. The maximum Gasteiger partial charge on any atom is 0.328 e. The molecule has 2 aromatic rings. The van der Waals surface area contributed by atoms with Crippen molar-refractivity contribution in [2.45, 2.75) is 33.1 Å². The number of carboxylic acids is 1. The van der Waals surface area contributed by atoms with Crippen LogP contribution in [0, 0.1) is 0 Å². The van der Waals surface area contributed by atoms with Crippen molar-refractivity contribution in [1.82, 2.24) is 0 Å². The van der Waals surface area contributed by atoms with Crippen LogP contribution in [0.4, 0.5) is 0 Å². The molecule has 0 saturated carbocycles. The lowest BCUT2D eigenvalue weighted by molar-refractivity contribution is -0.131. The summed E-state index contributed by atoms with van der Waals surface area (Å²) >= 11 is 0. The van der Waals surface area contributed by atoms with Gasteiger partial charge in [-0.25, -0.2) is 4.79 Å². The van der Waals surface area contributed by atoms with Crippen LogP contribution in [-0.2, 0) is 11.2 Å². The van der Waals surface area contributed by atoms with E-state index in [2.05, 4.69) is 0 Å². The summed E-state index contributed by atoms with van der Waals surface area (Å²) in [5, 5.41) is 19.1. The molecule has 0 aliphatic carbocycles. The first-order valence-corrected chi connectivity index (χ1v) is 9.55. The lowest BCUT2D eigenvalue weighted by Crippen LogP contribution is -2.07. The molecule has 0 saturated heterocycles. The van der Waals surface area contributed by atoms with Gasteiger partial charge in [0.25, 0.3) is 0 Å². The van der Waals surface area contributed by atoms with Gasteiger partial charge in [-0.1, -0.05) is 31.5 Å². The number of carbonyl (C=O) groups excluding carboxylic acids is 1. The van der Waals surface area contributed by atoms with Gasteiger partial charge in [-0.15, -0.1) is 0 Å². The van der Waals surface area contributed by atoms with E-state index in [-0.39, 0.29) is 11.5 Å². The molecule has 2 rings (SSSR count). The lowest BCUT2D eigenvalue weighted by Gasteiger charge is -2.15. The van der Waals surface area contributed by atoms with E-state index >= 15 is 0 Å². The average molecular weight is 398 g/mol. The van der Waals surface area contributed by atoms with Crippen LogP contribution in [0.15, 0.2) is 42.5 Å². The van der Waals surface area contributed by atoms with Crippen LogP contribution in [0.5, 0.6) is 17.2 Å². The first-order valence-electron chi connectivity index (χ1n) is 9.55. The molecule has 0 aliphatic rings. The van der Waals surface area contributed by atoms with Gasteiger partial charge < -0.3 is 19.7 Å². The van der Waals surface area contributed by atoms with E-state index < -0.39 is 5.97 Å². The van der Waals surface area contributed by atoms with E-state index in [4.69, 9.17) is 14.6 Å². The van der Waals surface area contributed by atoms with Gasteiger partial charge in [0.05, 0.1) is 18.8 Å². The molecule has 0 heterocycles. The van der Waals surface area contributed by atoms with Crippen LogP contribution < -0.4 is 9.47 Å². The van der Waals surface area contributed by atoms with E-state index in [0.717, 1.165) is 12.5 Å². The van der Waals surface area contributed by atoms with E-state index in [1.54, 1.807) is 24.3 Å². The second kappa shape index (κ2) is 10.9. The third-order valence-electron chi connectivity index (χ3n) is 4.25. The minimum atomic E-state index is -1.02. The number of benzene rings is 2. The minimum absolute atomic E-state index is 0.00718. The van der Waals surface area contributed by atoms with E-state index in [1.165, 1.54) is 13.0 Å². The largest absolute Gasteiger partial charge is 0.507 e. The Hall–Kier alpha value is -3.28. The van der Waals surface area contributed by atoms with Crippen LogP contribution in [0.3, 0.4) is 0 Å². The molecule has 0 amide bonds. The molecule has 0 unspecified atom stereocenters. The highest BCUT2D eigenvalue weighted by atomic mass is 16.5. The molecule has 0 aromatic heterocycles. The number of ketones is 1. The fourth-order valence-electron chi connectivity index (χ4n) is 2.86. The van der Waals surface area contributed by atoms with E-state index in [0.29, 0.717) is 54.2 Å². The predicted octanol–water partition coefficient (Wildman–Crippen LogP) is 4.49. The fourth-order valence-corrected chi connectivity index (χ4v) is 2.86. The van der Waals surface area contributed by atoms with Crippen molar-refractivity contribution in [3.63, 3.8) is 0 Å². The molecular formula is C23H26O6. The second-order valence-corrected chi connectivity index (χ2v) is 6.50. The summed E-state index contributed by atoms with van der Waals surface area (Å²) in [4.78, 5) is 22.3. The molecule has 0 fully saturated rings. The Labute approximate surface area is 170 Å². The number of hydrogen-bond donors (Lipinski definition) is 2. The Morgan fingerprint density at radius 3 is 2.38 bits per heavy atom. The average Bonchev–Trinajstić information content (AvgIpc) is 2.69. The number of phenols is 1. The number of Topliss-reactive ketones (excluding diaryl/α,β-unsaturated/α-hetero) is 1. The molecule has 2 N–H and O–H groups in total. The monoisotopic (exact) mass is 398 g/mol. The van der Waals surface area contributed by atoms with Crippen LogP contribution in [0.25, 0.3) is 6.08 Å². The Balaban J connectivity index is 1.94. The summed E-state index contributed by atoms with van der Waals surface area (Å²) in [6, 6.07) is 10.5. The quantitative estimate of drug-likeness (QED) is 0.329. The first kappa shape index (κ1) is 22.0. The first-order chi connectivity index (χ1) is 13.9. The molecule has 154 valence electrons. The van der Waals surface area contributed by atoms with Crippen molar-refractivity contribution < 1.29 is 29.3 Å². The normalized spacial score (nSPS) is 10.8. The van der Waals surface area contributed by atoms with Crippen LogP contribution in [-0.4, -0.2) is 35.2 Å². The maximum absolute atomic E-state index is 11.6. The van der Waals surface area contributed by atoms with Crippen molar-refractivity contribution in [2.24, 2.45) is 0 Å². The van der Waals surface area contributed by atoms with Crippen molar-refractivity contribution in [3.05, 3.63) is 59.2 Å². The van der Waals surface area contributed by atoms with Crippen molar-refractivity contribution in [2.75, 3.05) is 13.2 Å². The van der Waals surface area contributed by atoms with Crippen molar-refractivity contribution >= 4 is 17.8 Å². The van der Waals surface area contributed by atoms with Gasteiger partial charge in [-0.05, 0) is 37.6 Å². The maximum atomic E-state index is 11.6. The van der Waals surface area contributed by atoms with Crippen molar-refractivity contribution in [1.29, 1.82) is 0 Å². The van der Waals surface area contributed by atoms with E-state index in [9.17, 15) is 14.7 Å². The summed E-state index contributed by atoms with van der Waals surface area (Å²) < 4.78 is 11.6. The predicted molar refractivity (Wildman–Crippen MR) is 111 cm³/mol. The number of carbonyl (C=O) groups is 2. The zero-order chi connectivity index (χ0) is 21.2. The standard InChI is InChI=1S/C23H26O6/c1-3-7-19-21(12-11-18(16(2)24)23(19)27)29-15-6-14-28-20-9-5-4-8-17(20)10-13-22(25)26/h4-5,8-13,27H,3,6-7,14-15H2,1-2H3,(H,25,26)/b13-10+. The number of rotatable bonds is 11. The number of para-hydroxylation sites is 1.